The molecule has 0 amide bonds. The molecule has 0 saturated heterocycles. The third-order valence-corrected chi connectivity index (χ3v) is 3.06. The van der Waals surface area contributed by atoms with Gasteiger partial charge >= 0.3 is 0 Å². The summed E-state index contributed by atoms with van der Waals surface area (Å²) in [4.78, 5) is 12.4. The molecular weight excluding hydrogens is 227 g/mol. The molecule has 18 heavy (non-hydrogen) atoms. The molecule has 2 aromatic carbocycles. The summed E-state index contributed by atoms with van der Waals surface area (Å²) in [5, 5.41) is 0. The van der Waals surface area contributed by atoms with Gasteiger partial charge in [-0.2, -0.15) is 0 Å². The van der Waals surface area contributed by atoms with E-state index in [-0.39, 0.29) is 11.6 Å². The molecule has 0 aliphatic carbocycles. The third kappa shape index (κ3) is 2.33. The Hall–Kier alpha value is -1.96. The lowest BCUT2D eigenvalue weighted by Crippen LogP contribution is -2.05. The molecule has 0 heterocycles. The second kappa shape index (κ2) is 4.73. The van der Waals surface area contributed by atoms with Gasteiger partial charge in [-0.1, -0.05) is 17.7 Å². The molecule has 1 nitrogen and oxygen atoms in total. The fourth-order valence-corrected chi connectivity index (χ4v) is 1.92. The van der Waals surface area contributed by atoms with E-state index in [0.29, 0.717) is 16.7 Å². The van der Waals surface area contributed by atoms with Crippen molar-refractivity contribution in [2.75, 3.05) is 0 Å². The number of carbonyl (C=O) groups is 1. The van der Waals surface area contributed by atoms with Gasteiger partial charge in [-0.15, -0.1) is 0 Å². The summed E-state index contributed by atoms with van der Waals surface area (Å²) in [5.74, 6) is -0.341. The van der Waals surface area contributed by atoms with Crippen LogP contribution in [-0.2, 0) is 0 Å². The van der Waals surface area contributed by atoms with Crippen LogP contribution >= 0.6 is 0 Å². The maximum absolute atomic E-state index is 13.2. The Morgan fingerprint density at radius 3 is 2.33 bits per heavy atom. The Kier molecular flexibility index (Phi) is 3.28. The zero-order valence-corrected chi connectivity index (χ0v) is 10.8. The van der Waals surface area contributed by atoms with Gasteiger partial charge in [0.1, 0.15) is 5.82 Å². The standard InChI is InChI=1S/C16H15FO/c1-10-4-5-11(2)14(8-10)16(18)13-6-7-15(17)12(3)9-13/h4-9H,1-3H3. The molecule has 0 saturated carbocycles. The first-order valence-electron chi connectivity index (χ1n) is 5.87. The van der Waals surface area contributed by atoms with E-state index in [0.717, 1.165) is 11.1 Å². The topological polar surface area (TPSA) is 17.1 Å². The van der Waals surface area contributed by atoms with Crippen molar-refractivity contribution in [1.29, 1.82) is 0 Å². The van der Waals surface area contributed by atoms with E-state index in [2.05, 4.69) is 0 Å². The number of carbonyl (C=O) groups excluding carboxylic acids is 1. The minimum absolute atomic E-state index is 0.0562. The first-order valence-corrected chi connectivity index (χ1v) is 5.87. The summed E-state index contributed by atoms with van der Waals surface area (Å²) in [5.41, 5.74) is 3.69. The number of benzene rings is 2. The molecule has 0 radical (unpaired) electrons. The summed E-state index contributed by atoms with van der Waals surface area (Å²) in [6.07, 6.45) is 0. The molecule has 0 aliphatic heterocycles. The third-order valence-electron chi connectivity index (χ3n) is 3.06. The van der Waals surface area contributed by atoms with Gasteiger partial charge in [0.15, 0.2) is 5.78 Å². The van der Waals surface area contributed by atoms with E-state index in [9.17, 15) is 9.18 Å². The number of halogens is 1. The number of ketones is 1. The fraction of sp³-hybridized carbons (Fsp3) is 0.188. The summed E-state index contributed by atoms with van der Waals surface area (Å²) < 4.78 is 13.2. The van der Waals surface area contributed by atoms with Crippen molar-refractivity contribution in [2.24, 2.45) is 0 Å². The second-order valence-electron chi connectivity index (χ2n) is 4.61. The first-order chi connectivity index (χ1) is 8.49. The number of hydrogen-bond donors (Lipinski definition) is 0. The van der Waals surface area contributed by atoms with Gasteiger partial charge < -0.3 is 0 Å². The van der Waals surface area contributed by atoms with E-state index in [4.69, 9.17) is 0 Å². The van der Waals surface area contributed by atoms with Crippen molar-refractivity contribution >= 4 is 5.78 Å². The zero-order valence-electron chi connectivity index (χ0n) is 10.8. The van der Waals surface area contributed by atoms with Gasteiger partial charge in [-0.25, -0.2) is 4.39 Å². The van der Waals surface area contributed by atoms with Crippen LogP contribution in [0, 0.1) is 26.6 Å². The molecule has 0 bridgehead atoms. The molecule has 0 spiro atoms. The highest BCUT2D eigenvalue weighted by molar-refractivity contribution is 6.10. The van der Waals surface area contributed by atoms with Crippen LogP contribution in [-0.4, -0.2) is 5.78 Å². The van der Waals surface area contributed by atoms with Gasteiger partial charge in [0.2, 0.25) is 0 Å². The van der Waals surface area contributed by atoms with Gasteiger partial charge in [0.05, 0.1) is 0 Å². The Labute approximate surface area is 106 Å². The van der Waals surface area contributed by atoms with Crippen LogP contribution in [0.5, 0.6) is 0 Å². The zero-order chi connectivity index (χ0) is 13.3. The highest BCUT2D eigenvalue weighted by Gasteiger charge is 2.13. The van der Waals surface area contributed by atoms with Crippen molar-refractivity contribution in [3.05, 3.63) is 70.0 Å². The lowest BCUT2D eigenvalue weighted by Gasteiger charge is -2.07. The molecule has 2 aromatic rings. The van der Waals surface area contributed by atoms with E-state index >= 15 is 0 Å². The average Bonchev–Trinajstić information content (AvgIpc) is 2.35. The lowest BCUT2D eigenvalue weighted by molar-refractivity contribution is 0.103. The maximum Gasteiger partial charge on any atom is 0.193 e. The first kappa shape index (κ1) is 12.5. The van der Waals surface area contributed by atoms with Crippen molar-refractivity contribution in [2.45, 2.75) is 20.8 Å². The van der Waals surface area contributed by atoms with Crippen molar-refractivity contribution in [1.82, 2.24) is 0 Å². The minimum Gasteiger partial charge on any atom is -0.289 e. The monoisotopic (exact) mass is 242 g/mol. The summed E-state index contributed by atoms with van der Waals surface area (Å²) in [7, 11) is 0. The summed E-state index contributed by atoms with van der Waals surface area (Å²) in [6, 6.07) is 10.2. The number of hydrogen-bond acceptors (Lipinski definition) is 1. The van der Waals surface area contributed by atoms with Crippen molar-refractivity contribution < 1.29 is 9.18 Å². The molecular formula is C16H15FO. The van der Waals surface area contributed by atoms with Crippen molar-refractivity contribution in [3.63, 3.8) is 0 Å². The molecule has 0 aromatic heterocycles. The molecule has 0 N–H and O–H groups in total. The predicted octanol–water partition coefficient (Wildman–Crippen LogP) is 3.98. The van der Waals surface area contributed by atoms with E-state index in [1.807, 2.05) is 32.0 Å². The summed E-state index contributed by atoms with van der Waals surface area (Å²) >= 11 is 0. The van der Waals surface area contributed by atoms with E-state index in [1.165, 1.54) is 12.1 Å². The normalized spacial score (nSPS) is 10.4. The molecule has 0 atom stereocenters. The molecule has 0 aliphatic rings. The summed E-state index contributed by atoms with van der Waals surface area (Å²) in [6.45, 7) is 5.52. The minimum atomic E-state index is -0.285. The molecule has 0 fully saturated rings. The van der Waals surface area contributed by atoms with Crippen LogP contribution in [0.1, 0.15) is 32.6 Å². The Bertz CT molecular complexity index is 614. The van der Waals surface area contributed by atoms with Gasteiger partial charge in [-0.3, -0.25) is 4.79 Å². The molecule has 2 heteroatoms. The second-order valence-corrected chi connectivity index (χ2v) is 4.61. The van der Waals surface area contributed by atoms with Crippen LogP contribution in [0.25, 0.3) is 0 Å². The van der Waals surface area contributed by atoms with Crippen LogP contribution in [0.3, 0.4) is 0 Å². The van der Waals surface area contributed by atoms with Crippen molar-refractivity contribution in [3.8, 4) is 0 Å². The molecule has 0 unspecified atom stereocenters. The fourth-order valence-electron chi connectivity index (χ4n) is 1.92. The SMILES string of the molecule is Cc1ccc(C)c(C(=O)c2ccc(F)c(C)c2)c1. The Balaban J connectivity index is 2.47. The Morgan fingerprint density at radius 1 is 0.944 bits per heavy atom. The van der Waals surface area contributed by atoms with Crippen LogP contribution in [0.2, 0.25) is 0 Å². The maximum atomic E-state index is 13.2. The highest BCUT2D eigenvalue weighted by atomic mass is 19.1. The molecule has 92 valence electrons. The molecule has 2 rings (SSSR count). The highest BCUT2D eigenvalue weighted by Crippen LogP contribution is 2.17. The smallest absolute Gasteiger partial charge is 0.193 e. The van der Waals surface area contributed by atoms with Crippen LogP contribution < -0.4 is 0 Å². The number of aryl methyl sites for hydroxylation is 3. The van der Waals surface area contributed by atoms with E-state index < -0.39 is 0 Å². The van der Waals surface area contributed by atoms with Gasteiger partial charge in [0, 0.05) is 11.1 Å². The number of rotatable bonds is 2. The van der Waals surface area contributed by atoms with E-state index in [1.54, 1.807) is 13.0 Å². The largest absolute Gasteiger partial charge is 0.289 e. The predicted molar refractivity (Wildman–Crippen MR) is 70.5 cm³/mol. The van der Waals surface area contributed by atoms with Crippen LogP contribution in [0.4, 0.5) is 4.39 Å². The Morgan fingerprint density at radius 2 is 1.67 bits per heavy atom. The lowest BCUT2D eigenvalue weighted by atomic mass is 9.96. The van der Waals surface area contributed by atoms with Gasteiger partial charge in [-0.05, 0) is 56.2 Å². The average molecular weight is 242 g/mol. The van der Waals surface area contributed by atoms with Crippen LogP contribution in [0.15, 0.2) is 36.4 Å². The van der Waals surface area contributed by atoms with Gasteiger partial charge in [0.25, 0.3) is 0 Å². The quantitative estimate of drug-likeness (QED) is 0.728.